The van der Waals surface area contributed by atoms with Crippen molar-refractivity contribution >= 4 is 40.7 Å². The number of carbonyl (C=O) groups excluding carboxylic acids is 4. The summed E-state index contributed by atoms with van der Waals surface area (Å²) in [6, 6.07) is 12.4. The molecule has 2 heterocycles. The summed E-state index contributed by atoms with van der Waals surface area (Å²) in [7, 11) is 0. The maximum Gasteiger partial charge on any atom is 0.321 e. The number of piperidine rings is 1. The van der Waals surface area contributed by atoms with Crippen LogP contribution in [0.25, 0.3) is 0 Å². The van der Waals surface area contributed by atoms with Crippen molar-refractivity contribution in [3.05, 3.63) is 59.2 Å². The molecular formula is C28H33N5O4. The van der Waals surface area contributed by atoms with Gasteiger partial charge in [0.05, 0.1) is 5.69 Å². The summed E-state index contributed by atoms with van der Waals surface area (Å²) in [6.45, 7) is 7.94. The lowest BCUT2D eigenvalue weighted by atomic mass is 9.93. The van der Waals surface area contributed by atoms with Crippen molar-refractivity contribution in [1.82, 2.24) is 10.2 Å². The van der Waals surface area contributed by atoms with Crippen molar-refractivity contribution in [3.8, 4) is 0 Å². The van der Waals surface area contributed by atoms with Crippen LogP contribution >= 0.6 is 0 Å². The van der Waals surface area contributed by atoms with E-state index in [4.69, 9.17) is 0 Å². The van der Waals surface area contributed by atoms with Crippen molar-refractivity contribution in [3.63, 3.8) is 0 Å². The maximum atomic E-state index is 13.8. The molecular weight excluding hydrogens is 470 g/mol. The van der Waals surface area contributed by atoms with Gasteiger partial charge in [-0.3, -0.25) is 24.3 Å². The van der Waals surface area contributed by atoms with Crippen molar-refractivity contribution in [1.29, 1.82) is 0 Å². The van der Waals surface area contributed by atoms with Crippen molar-refractivity contribution in [2.24, 2.45) is 10.9 Å². The second-order valence-electron chi connectivity index (χ2n) is 9.75. The average molecular weight is 504 g/mol. The van der Waals surface area contributed by atoms with Crippen LogP contribution in [0.4, 0.5) is 16.2 Å². The third-order valence-electron chi connectivity index (χ3n) is 6.98. The Kier molecular flexibility index (Phi) is 7.71. The highest BCUT2D eigenvalue weighted by Gasteiger charge is 2.35. The third-order valence-corrected chi connectivity index (χ3v) is 6.98. The normalized spacial score (nSPS) is 18.0. The van der Waals surface area contributed by atoms with Crippen LogP contribution in [-0.4, -0.2) is 60.0 Å². The van der Waals surface area contributed by atoms with E-state index in [1.54, 1.807) is 24.8 Å². The smallest absolute Gasteiger partial charge is 0.321 e. The minimum absolute atomic E-state index is 0.0246. The van der Waals surface area contributed by atoms with Gasteiger partial charge in [0, 0.05) is 36.0 Å². The number of nitrogens with one attached hydrogen (secondary N) is 2. The zero-order valence-corrected chi connectivity index (χ0v) is 21.7. The Morgan fingerprint density at radius 2 is 1.73 bits per heavy atom. The highest BCUT2D eigenvalue weighted by Crippen LogP contribution is 2.30. The van der Waals surface area contributed by atoms with Gasteiger partial charge in [0.15, 0.2) is 0 Å². The summed E-state index contributed by atoms with van der Waals surface area (Å²) in [4.78, 5) is 59.3. The number of amides is 4. The Morgan fingerprint density at radius 3 is 2.41 bits per heavy atom. The molecule has 2 aromatic carbocycles. The van der Waals surface area contributed by atoms with Gasteiger partial charge in [-0.2, -0.15) is 0 Å². The number of aryl methyl sites for hydroxylation is 2. The molecule has 37 heavy (non-hydrogen) atoms. The topological polar surface area (TPSA) is 111 Å². The van der Waals surface area contributed by atoms with Crippen LogP contribution in [-0.2, 0) is 14.4 Å². The van der Waals surface area contributed by atoms with Gasteiger partial charge in [-0.15, -0.1) is 0 Å². The quantitative estimate of drug-likeness (QED) is 0.651. The largest absolute Gasteiger partial charge is 0.341 e. The molecule has 2 aliphatic rings. The molecule has 1 atom stereocenters. The maximum absolute atomic E-state index is 13.8. The second kappa shape index (κ2) is 10.9. The van der Waals surface area contributed by atoms with Gasteiger partial charge >= 0.3 is 6.03 Å². The molecule has 9 heteroatoms. The number of nitrogens with zero attached hydrogens (tertiary/aromatic N) is 3. The average Bonchev–Trinajstić information content (AvgIpc) is 2.95. The molecule has 1 fully saturated rings. The number of fused-ring (bicyclic) bond motifs is 1. The summed E-state index contributed by atoms with van der Waals surface area (Å²) in [5.41, 5.74) is 4.35. The number of ketones is 1. The Hall–Kier alpha value is -4.01. The minimum Gasteiger partial charge on any atom is -0.341 e. The number of aliphatic imine (C=N–C) groups is 1. The molecule has 0 aromatic heterocycles. The Morgan fingerprint density at radius 1 is 1.03 bits per heavy atom. The first kappa shape index (κ1) is 26.1. The van der Waals surface area contributed by atoms with E-state index < -0.39 is 18.1 Å². The number of benzene rings is 2. The molecule has 0 saturated carbocycles. The van der Waals surface area contributed by atoms with E-state index in [9.17, 15) is 19.2 Å². The number of anilines is 2. The van der Waals surface area contributed by atoms with Crippen LogP contribution in [0.2, 0.25) is 0 Å². The summed E-state index contributed by atoms with van der Waals surface area (Å²) in [6.07, 6.45) is 0.0413. The Labute approximate surface area is 216 Å². The number of carbonyl (C=O) groups is 4. The summed E-state index contributed by atoms with van der Waals surface area (Å²) < 4.78 is 0. The lowest BCUT2D eigenvalue weighted by Crippen LogP contribution is -2.52. The van der Waals surface area contributed by atoms with Crippen LogP contribution in [0.5, 0.6) is 0 Å². The minimum atomic E-state index is -1.20. The molecule has 0 spiro atoms. The Bertz CT molecular complexity index is 1260. The molecule has 9 nitrogen and oxygen atoms in total. The van der Waals surface area contributed by atoms with Crippen LogP contribution in [0, 0.1) is 19.8 Å². The second-order valence-corrected chi connectivity index (χ2v) is 9.75. The van der Waals surface area contributed by atoms with Gasteiger partial charge in [-0.1, -0.05) is 30.3 Å². The van der Waals surface area contributed by atoms with Gasteiger partial charge in [0.2, 0.25) is 12.1 Å². The predicted molar refractivity (Wildman–Crippen MR) is 143 cm³/mol. The number of hydrogen-bond acceptors (Lipinski definition) is 5. The number of para-hydroxylation sites is 1. The van der Waals surface area contributed by atoms with Gasteiger partial charge < -0.3 is 15.5 Å². The fraction of sp³-hybridized carbons (Fsp3) is 0.393. The van der Waals surface area contributed by atoms with E-state index in [-0.39, 0.29) is 24.2 Å². The van der Waals surface area contributed by atoms with Crippen molar-refractivity contribution in [2.45, 2.75) is 46.7 Å². The highest BCUT2D eigenvalue weighted by molar-refractivity contribution is 6.14. The van der Waals surface area contributed by atoms with Crippen molar-refractivity contribution < 1.29 is 19.2 Å². The summed E-state index contributed by atoms with van der Waals surface area (Å²) in [5.74, 6) is -0.570. The molecule has 0 radical (unpaired) electrons. The predicted octanol–water partition coefficient (Wildman–Crippen LogP) is 3.43. The lowest BCUT2D eigenvalue weighted by Gasteiger charge is -2.33. The van der Waals surface area contributed by atoms with Crippen LogP contribution in [0.15, 0.2) is 47.5 Å². The van der Waals surface area contributed by atoms with Crippen LogP contribution in [0.3, 0.4) is 0 Å². The zero-order valence-electron chi connectivity index (χ0n) is 21.7. The SMILES string of the molecule is CC(=O)C1CCN(C(=O)CN2C(=O)[C@H](NC(=O)Nc3cccc(C)c3)N=C(C)c3cccc(C)c32)CC1. The standard InChI is InChI=1S/C28H33N5O4/c1-17-7-5-9-22(15-17)30-28(37)31-26-27(36)33(25-18(2)8-6-10-23(25)19(3)29-26)16-24(35)32-13-11-21(12-14-32)20(4)34/h5-10,15,21,26H,11-14,16H2,1-4H3,(H2,30,31,37)/t26-/m0/s1. The first-order valence-electron chi connectivity index (χ1n) is 12.5. The molecule has 0 unspecified atom stereocenters. The summed E-state index contributed by atoms with van der Waals surface area (Å²) in [5, 5.41) is 5.42. The molecule has 4 amide bonds. The van der Waals surface area contributed by atoms with E-state index in [0.717, 1.165) is 16.7 Å². The number of Topliss-reactive ketones (excluding diaryl/α,β-unsaturated/α-hetero) is 1. The molecule has 194 valence electrons. The molecule has 2 aliphatic heterocycles. The van der Waals surface area contributed by atoms with E-state index in [1.807, 2.05) is 50.2 Å². The zero-order chi connectivity index (χ0) is 26.7. The van der Waals surface area contributed by atoms with E-state index in [1.165, 1.54) is 4.90 Å². The lowest BCUT2D eigenvalue weighted by molar-refractivity contribution is -0.134. The number of rotatable bonds is 5. The third kappa shape index (κ3) is 5.87. The molecule has 0 bridgehead atoms. The van der Waals surface area contributed by atoms with Gasteiger partial charge in [0.1, 0.15) is 12.3 Å². The highest BCUT2D eigenvalue weighted by atomic mass is 16.2. The molecule has 2 N–H and O–H groups in total. The monoisotopic (exact) mass is 503 g/mol. The number of likely N-dealkylation sites (tertiary alicyclic amines) is 1. The fourth-order valence-electron chi connectivity index (χ4n) is 4.92. The molecule has 1 saturated heterocycles. The van der Waals surface area contributed by atoms with Gasteiger partial charge in [0.25, 0.3) is 5.91 Å². The van der Waals surface area contributed by atoms with Crippen LogP contribution in [0.1, 0.15) is 43.4 Å². The van der Waals surface area contributed by atoms with E-state index >= 15 is 0 Å². The first-order valence-corrected chi connectivity index (χ1v) is 12.5. The van der Waals surface area contributed by atoms with Gasteiger partial charge in [-0.25, -0.2) is 4.79 Å². The first-order chi connectivity index (χ1) is 17.6. The van der Waals surface area contributed by atoms with Gasteiger partial charge in [-0.05, 0) is 63.8 Å². The molecule has 0 aliphatic carbocycles. The summed E-state index contributed by atoms with van der Waals surface area (Å²) >= 11 is 0. The number of hydrogen-bond donors (Lipinski definition) is 2. The Balaban J connectivity index is 1.57. The molecule has 4 rings (SSSR count). The molecule has 2 aromatic rings. The van der Waals surface area contributed by atoms with Crippen LogP contribution < -0.4 is 15.5 Å². The van der Waals surface area contributed by atoms with E-state index in [2.05, 4.69) is 15.6 Å². The number of urea groups is 1. The van der Waals surface area contributed by atoms with E-state index in [0.29, 0.717) is 43.0 Å². The van der Waals surface area contributed by atoms with Crippen molar-refractivity contribution in [2.75, 3.05) is 29.9 Å². The number of benzodiazepines with no additional fused rings is 1. The fourth-order valence-corrected chi connectivity index (χ4v) is 4.92.